The monoisotopic (exact) mass is 244 g/mol. The van der Waals surface area contributed by atoms with E-state index in [9.17, 15) is 0 Å². The predicted molar refractivity (Wildman–Crippen MR) is 50.9 cm³/mol. The number of aromatic nitrogens is 1. The molecule has 4 heteroatoms. The summed E-state index contributed by atoms with van der Waals surface area (Å²) in [5.74, 6) is 0. The molecule has 0 bridgehead atoms. The average Bonchev–Trinajstić information content (AvgIpc) is 2.15. The molecule has 0 spiro atoms. The minimum absolute atomic E-state index is 0.347. The molecule has 0 aliphatic heterocycles. The van der Waals surface area contributed by atoms with Gasteiger partial charge < -0.3 is 0 Å². The van der Waals surface area contributed by atoms with Crippen LogP contribution in [0.3, 0.4) is 0 Å². The normalized spacial score (nSPS) is 8.79. The molecule has 14 heavy (non-hydrogen) atoms. The maximum atomic E-state index is 9.06. The number of carbonyl (C=O) groups is 1. The Morgan fingerprint density at radius 1 is 1.50 bits per heavy atom. The van der Waals surface area contributed by atoms with E-state index in [4.69, 9.17) is 9.90 Å². The van der Waals surface area contributed by atoms with Crippen molar-refractivity contribution < 1.29 is 28.2 Å². The van der Waals surface area contributed by atoms with Gasteiger partial charge in [-0.3, -0.25) is 4.98 Å². The molecule has 0 aromatic carbocycles. The van der Waals surface area contributed by atoms with Crippen LogP contribution in [0.5, 0.6) is 0 Å². The predicted octanol–water partition coefficient (Wildman–Crippen LogP) is 2.64. The van der Waals surface area contributed by atoms with Crippen LogP contribution in [-0.4, -0.2) is 14.7 Å². The molecule has 0 saturated carbocycles. The van der Waals surface area contributed by atoms with Crippen LogP contribution in [0.25, 0.3) is 0 Å². The quantitative estimate of drug-likeness (QED) is 0.833. The first-order valence-corrected chi connectivity index (χ1v) is 6.09. The molecule has 1 rings (SSSR count). The van der Waals surface area contributed by atoms with Gasteiger partial charge in [-0.1, -0.05) is 13.3 Å². The van der Waals surface area contributed by atoms with Crippen molar-refractivity contribution in [3.8, 4) is 0 Å². The number of hydrogen-bond acceptors (Lipinski definition) is 2. The second kappa shape index (κ2) is 8.82. The number of aryl methyl sites for hydroxylation is 1. The van der Waals surface area contributed by atoms with E-state index in [0.717, 1.165) is 0 Å². The van der Waals surface area contributed by atoms with Gasteiger partial charge in [0.25, 0.3) is 0 Å². The van der Waals surface area contributed by atoms with Crippen LogP contribution in [0.4, 0.5) is 4.79 Å². The first-order chi connectivity index (χ1) is 6.66. The van der Waals surface area contributed by atoms with E-state index in [2.05, 4.69) is 24.0 Å². The van der Waals surface area contributed by atoms with Gasteiger partial charge in [-0.05, 0) is 30.5 Å². The number of nitrogens with zero attached hydrogens (tertiary/aromatic N) is 1. The first-order valence-electron chi connectivity index (χ1n) is 4.60. The number of hydrogen-bond donors (Lipinski definition) is 1. The van der Waals surface area contributed by atoms with Gasteiger partial charge in [-0.15, -0.1) is 0 Å². The zero-order valence-corrected chi connectivity index (χ0v) is 11.4. The second-order valence-corrected chi connectivity index (χ2v) is 4.12. The molecule has 1 heterocycles. The number of pyridine rings is 1. The fourth-order valence-electron chi connectivity index (χ4n) is 0.930. The van der Waals surface area contributed by atoms with Gasteiger partial charge in [-0.2, -0.15) is 0 Å². The van der Waals surface area contributed by atoms with Crippen molar-refractivity contribution in [3.05, 3.63) is 30.1 Å². The average molecular weight is 246 g/mol. The van der Waals surface area contributed by atoms with Crippen molar-refractivity contribution in [2.24, 2.45) is 0 Å². The summed E-state index contributed by atoms with van der Waals surface area (Å²) in [6.45, 7) is 2.21. The van der Waals surface area contributed by atoms with Crippen molar-refractivity contribution in [1.29, 1.82) is 0 Å². The Morgan fingerprint density at radius 2 is 2.00 bits per heavy atom. The van der Waals surface area contributed by atoms with Crippen LogP contribution in [-0.2, 0) is 24.7 Å². The Balaban J connectivity index is 0.000000364. The molecular formula is C10H14NO2Zn. The molecule has 0 aliphatic carbocycles. The number of rotatable bonds is 3. The van der Waals surface area contributed by atoms with Gasteiger partial charge in [0.05, 0.1) is 0 Å². The summed E-state index contributed by atoms with van der Waals surface area (Å²) in [6.07, 6.45) is 7.45. The van der Waals surface area contributed by atoms with E-state index in [1.807, 2.05) is 12.4 Å². The molecule has 0 radical (unpaired) electrons. The summed E-state index contributed by atoms with van der Waals surface area (Å²) in [7, 11) is 0. The Kier molecular flexibility index (Phi) is 8.35. The second-order valence-electron chi connectivity index (χ2n) is 2.85. The van der Waals surface area contributed by atoms with Gasteiger partial charge in [0.1, 0.15) is 0 Å². The van der Waals surface area contributed by atoms with Crippen molar-refractivity contribution in [1.82, 2.24) is 4.98 Å². The third kappa shape index (κ3) is 9.33. The van der Waals surface area contributed by atoms with E-state index < -0.39 is 4.56 Å². The van der Waals surface area contributed by atoms with Gasteiger partial charge >= 0.3 is 32.8 Å². The molecule has 73 valence electrons. The molecule has 0 saturated heterocycles. The van der Waals surface area contributed by atoms with Gasteiger partial charge in [0.2, 0.25) is 0 Å². The maximum absolute atomic E-state index is 9.06. The van der Waals surface area contributed by atoms with Crippen LogP contribution < -0.4 is 0 Å². The van der Waals surface area contributed by atoms with Gasteiger partial charge in [0.15, 0.2) is 0 Å². The molecule has 0 amide bonds. The van der Waals surface area contributed by atoms with Gasteiger partial charge in [0, 0.05) is 12.4 Å². The summed E-state index contributed by atoms with van der Waals surface area (Å²) in [5.41, 5.74) is 1.40. The molecule has 1 aromatic heterocycles. The van der Waals surface area contributed by atoms with Crippen molar-refractivity contribution in [3.63, 3.8) is 0 Å². The van der Waals surface area contributed by atoms with Crippen molar-refractivity contribution in [2.75, 3.05) is 0 Å². The first kappa shape index (κ1) is 13.2. The third-order valence-electron chi connectivity index (χ3n) is 1.57. The Morgan fingerprint density at radius 3 is 2.43 bits per heavy atom. The SMILES string of the molecule is CCCCc1ccncc1.O=[C](O)[Zn]. The van der Waals surface area contributed by atoms with E-state index in [1.165, 1.54) is 24.8 Å². The molecule has 3 nitrogen and oxygen atoms in total. The summed E-state index contributed by atoms with van der Waals surface area (Å²) in [5, 5.41) is 7.47. The van der Waals surface area contributed by atoms with E-state index in [1.54, 1.807) is 0 Å². The molecule has 1 aromatic rings. The van der Waals surface area contributed by atoms with Crippen molar-refractivity contribution >= 4 is 4.56 Å². The molecular weight excluding hydrogens is 232 g/mol. The fourth-order valence-corrected chi connectivity index (χ4v) is 0.930. The molecule has 0 unspecified atom stereocenters. The summed E-state index contributed by atoms with van der Waals surface area (Å²) >= 11 is 0.347. The van der Waals surface area contributed by atoms with Crippen LogP contribution in [0.2, 0.25) is 0 Å². The van der Waals surface area contributed by atoms with E-state index in [-0.39, 0.29) is 0 Å². The van der Waals surface area contributed by atoms with Crippen LogP contribution in [0.1, 0.15) is 25.3 Å². The Hall–Kier alpha value is -0.757. The number of carboxylic acid groups (broad SMARTS) is 1. The summed E-state index contributed by atoms with van der Waals surface area (Å²) < 4.78 is -0.708. The van der Waals surface area contributed by atoms with E-state index in [0.29, 0.717) is 18.3 Å². The topological polar surface area (TPSA) is 50.2 Å². The number of unbranched alkanes of at least 4 members (excludes halogenated alkanes) is 1. The van der Waals surface area contributed by atoms with Crippen molar-refractivity contribution in [2.45, 2.75) is 26.2 Å². The minimum atomic E-state index is -0.708. The molecule has 0 aliphatic rings. The Labute approximate surface area is 94.2 Å². The van der Waals surface area contributed by atoms with Crippen LogP contribution in [0.15, 0.2) is 24.5 Å². The molecule has 1 N–H and O–H groups in total. The fraction of sp³-hybridized carbons (Fsp3) is 0.400. The zero-order valence-electron chi connectivity index (χ0n) is 8.44. The van der Waals surface area contributed by atoms with E-state index >= 15 is 0 Å². The Bertz CT molecular complexity index is 248. The van der Waals surface area contributed by atoms with Crippen LogP contribution >= 0.6 is 0 Å². The van der Waals surface area contributed by atoms with Crippen LogP contribution in [0, 0.1) is 0 Å². The molecule has 0 fully saturated rings. The standard InChI is InChI=1S/C9H13N.CHO2.Zn/c1-2-3-4-9-5-7-10-8-6-9;2-1-3;/h5-8H,2-4H2,1H3;(H,2,3);. The third-order valence-corrected chi connectivity index (χ3v) is 1.57. The summed E-state index contributed by atoms with van der Waals surface area (Å²) in [6, 6.07) is 4.16. The molecule has 0 atom stereocenters. The zero-order chi connectivity index (χ0) is 10.8. The summed E-state index contributed by atoms with van der Waals surface area (Å²) in [4.78, 5) is 13.0. The van der Waals surface area contributed by atoms with Gasteiger partial charge in [-0.25, -0.2) is 0 Å².